The topological polar surface area (TPSA) is 39.1 Å². The van der Waals surface area contributed by atoms with E-state index in [0.717, 1.165) is 31.0 Å². The number of aryl methyl sites for hydroxylation is 2. The average Bonchev–Trinajstić information content (AvgIpc) is 2.80. The van der Waals surface area contributed by atoms with E-state index in [2.05, 4.69) is 35.5 Å². The summed E-state index contributed by atoms with van der Waals surface area (Å²) < 4.78 is 7.09. The van der Waals surface area contributed by atoms with Crippen molar-refractivity contribution in [1.29, 1.82) is 0 Å². The predicted octanol–water partition coefficient (Wildman–Crippen LogP) is 2.28. The van der Waals surface area contributed by atoms with Crippen molar-refractivity contribution >= 4 is 0 Å². The molecule has 2 rings (SSSR count). The van der Waals surface area contributed by atoms with Crippen molar-refractivity contribution in [3.63, 3.8) is 0 Å². The van der Waals surface area contributed by atoms with Crippen molar-refractivity contribution in [3.05, 3.63) is 47.3 Å². The highest BCUT2D eigenvalue weighted by molar-refractivity contribution is 5.27. The van der Waals surface area contributed by atoms with Gasteiger partial charge < -0.3 is 10.1 Å². The maximum absolute atomic E-state index is 5.14. The largest absolute Gasteiger partial charge is 0.497 e. The first-order valence-electron chi connectivity index (χ1n) is 6.58. The Balaban J connectivity index is 1.86. The van der Waals surface area contributed by atoms with Gasteiger partial charge in [0.2, 0.25) is 0 Å². The maximum atomic E-state index is 5.14. The second kappa shape index (κ2) is 6.38. The number of hydrogen-bond acceptors (Lipinski definition) is 3. The molecule has 0 spiro atoms. The fourth-order valence-corrected chi connectivity index (χ4v) is 1.99. The van der Waals surface area contributed by atoms with E-state index >= 15 is 0 Å². The Kier molecular flexibility index (Phi) is 4.58. The molecule has 0 aliphatic carbocycles. The molecule has 19 heavy (non-hydrogen) atoms. The summed E-state index contributed by atoms with van der Waals surface area (Å²) >= 11 is 0. The van der Waals surface area contributed by atoms with E-state index < -0.39 is 0 Å². The van der Waals surface area contributed by atoms with Crippen LogP contribution in [0, 0.1) is 0 Å². The normalized spacial score (nSPS) is 10.7. The summed E-state index contributed by atoms with van der Waals surface area (Å²) in [6.07, 6.45) is 0.978. The van der Waals surface area contributed by atoms with Gasteiger partial charge >= 0.3 is 0 Å². The Morgan fingerprint density at radius 1 is 1.21 bits per heavy atom. The van der Waals surface area contributed by atoms with Crippen LogP contribution in [-0.2, 0) is 26.6 Å². The van der Waals surface area contributed by atoms with Crippen LogP contribution in [0.5, 0.6) is 5.75 Å². The minimum atomic E-state index is 0.829. The summed E-state index contributed by atoms with van der Waals surface area (Å²) in [6, 6.07) is 10.3. The standard InChI is InChI=1S/C15H21N3O/c1-4-13-9-14(18(2)17-13)11-16-10-12-5-7-15(19-3)8-6-12/h5-9,16H,4,10-11H2,1-3H3. The van der Waals surface area contributed by atoms with Crippen LogP contribution in [0.2, 0.25) is 0 Å². The minimum absolute atomic E-state index is 0.829. The fourth-order valence-electron chi connectivity index (χ4n) is 1.99. The molecule has 0 fully saturated rings. The van der Waals surface area contributed by atoms with Crippen molar-refractivity contribution in [1.82, 2.24) is 15.1 Å². The van der Waals surface area contributed by atoms with Crippen molar-refractivity contribution < 1.29 is 4.74 Å². The number of hydrogen-bond donors (Lipinski definition) is 1. The van der Waals surface area contributed by atoms with Crippen LogP contribution < -0.4 is 10.1 Å². The lowest BCUT2D eigenvalue weighted by Gasteiger charge is -2.06. The van der Waals surface area contributed by atoms with E-state index in [1.54, 1.807) is 7.11 Å². The number of benzene rings is 1. The lowest BCUT2D eigenvalue weighted by Crippen LogP contribution is -2.15. The molecular formula is C15H21N3O. The van der Waals surface area contributed by atoms with Crippen LogP contribution in [0.1, 0.15) is 23.9 Å². The highest BCUT2D eigenvalue weighted by Gasteiger charge is 2.03. The molecule has 1 heterocycles. The van der Waals surface area contributed by atoms with Crippen LogP contribution in [0.15, 0.2) is 30.3 Å². The molecule has 0 unspecified atom stereocenters. The SMILES string of the molecule is CCc1cc(CNCc2ccc(OC)cc2)n(C)n1. The fraction of sp³-hybridized carbons (Fsp3) is 0.400. The highest BCUT2D eigenvalue weighted by Crippen LogP contribution is 2.11. The molecule has 0 aliphatic heterocycles. The third kappa shape index (κ3) is 3.58. The summed E-state index contributed by atoms with van der Waals surface area (Å²) in [5, 5.41) is 7.87. The Hall–Kier alpha value is -1.81. The number of rotatable bonds is 6. The number of nitrogens with zero attached hydrogens (tertiary/aromatic N) is 2. The van der Waals surface area contributed by atoms with E-state index in [1.165, 1.54) is 11.3 Å². The second-order valence-corrected chi connectivity index (χ2v) is 4.56. The van der Waals surface area contributed by atoms with Crippen LogP contribution in [0.4, 0.5) is 0 Å². The van der Waals surface area contributed by atoms with Crippen molar-refractivity contribution in [2.45, 2.75) is 26.4 Å². The highest BCUT2D eigenvalue weighted by atomic mass is 16.5. The molecule has 1 aromatic heterocycles. The molecule has 102 valence electrons. The van der Waals surface area contributed by atoms with Gasteiger partial charge in [0.15, 0.2) is 0 Å². The summed E-state index contributed by atoms with van der Waals surface area (Å²) in [6.45, 7) is 3.79. The molecule has 2 aromatic rings. The van der Waals surface area contributed by atoms with E-state index in [9.17, 15) is 0 Å². The quantitative estimate of drug-likeness (QED) is 0.865. The van der Waals surface area contributed by atoms with Gasteiger partial charge in [-0.05, 0) is 30.2 Å². The van der Waals surface area contributed by atoms with E-state index in [4.69, 9.17) is 4.74 Å². The van der Waals surface area contributed by atoms with Crippen LogP contribution in [0.3, 0.4) is 0 Å². The summed E-state index contributed by atoms with van der Waals surface area (Å²) in [4.78, 5) is 0. The molecule has 1 aromatic carbocycles. The van der Waals surface area contributed by atoms with Crippen LogP contribution in [-0.4, -0.2) is 16.9 Å². The van der Waals surface area contributed by atoms with E-state index in [-0.39, 0.29) is 0 Å². The van der Waals surface area contributed by atoms with E-state index in [0.29, 0.717) is 0 Å². The third-order valence-corrected chi connectivity index (χ3v) is 3.18. The molecule has 1 N–H and O–H groups in total. The Bertz CT molecular complexity index is 517. The summed E-state index contributed by atoms with van der Waals surface area (Å²) in [5.74, 6) is 0.892. The minimum Gasteiger partial charge on any atom is -0.497 e. The first-order chi connectivity index (χ1) is 9.22. The number of methoxy groups -OCH3 is 1. The first kappa shape index (κ1) is 13.6. The van der Waals surface area contributed by atoms with Crippen LogP contribution in [0.25, 0.3) is 0 Å². The zero-order valence-corrected chi connectivity index (χ0v) is 11.8. The van der Waals surface area contributed by atoms with Gasteiger partial charge in [0, 0.05) is 20.1 Å². The molecule has 0 saturated carbocycles. The van der Waals surface area contributed by atoms with Gasteiger partial charge in [0.05, 0.1) is 18.5 Å². The molecule has 0 amide bonds. The Morgan fingerprint density at radius 3 is 2.53 bits per heavy atom. The zero-order chi connectivity index (χ0) is 13.7. The molecule has 0 radical (unpaired) electrons. The molecule has 0 saturated heterocycles. The lowest BCUT2D eigenvalue weighted by atomic mass is 10.2. The number of nitrogens with one attached hydrogen (secondary N) is 1. The van der Waals surface area contributed by atoms with Crippen molar-refractivity contribution in [2.75, 3.05) is 7.11 Å². The predicted molar refractivity (Wildman–Crippen MR) is 76.1 cm³/mol. The molecule has 0 atom stereocenters. The van der Waals surface area contributed by atoms with Gasteiger partial charge in [0.25, 0.3) is 0 Å². The van der Waals surface area contributed by atoms with Crippen molar-refractivity contribution in [2.24, 2.45) is 7.05 Å². The van der Waals surface area contributed by atoms with Gasteiger partial charge in [-0.25, -0.2) is 0 Å². The molecule has 0 aliphatic rings. The zero-order valence-electron chi connectivity index (χ0n) is 11.8. The van der Waals surface area contributed by atoms with Crippen LogP contribution >= 0.6 is 0 Å². The Morgan fingerprint density at radius 2 is 1.95 bits per heavy atom. The maximum Gasteiger partial charge on any atom is 0.118 e. The number of aromatic nitrogens is 2. The first-order valence-corrected chi connectivity index (χ1v) is 6.58. The molecule has 4 heteroatoms. The average molecular weight is 259 g/mol. The second-order valence-electron chi connectivity index (χ2n) is 4.56. The third-order valence-electron chi connectivity index (χ3n) is 3.18. The number of ether oxygens (including phenoxy) is 1. The van der Waals surface area contributed by atoms with Gasteiger partial charge in [-0.15, -0.1) is 0 Å². The molecule has 0 bridgehead atoms. The van der Waals surface area contributed by atoms with Crippen molar-refractivity contribution in [3.8, 4) is 5.75 Å². The summed E-state index contributed by atoms with van der Waals surface area (Å²) in [5.41, 5.74) is 3.60. The summed E-state index contributed by atoms with van der Waals surface area (Å²) in [7, 11) is 3.67. The van der Waals surface area contributed by atoms with Gasteiger partial charge in [-0.3, -0.25) is 4.68 Å². The molecular weight excluding hydrogens is 238 g/mol. The lowest BCUT2D eigenvalue weighted by molar-refractivity contribution is 0.414. The van der Waals surface area contributed by atoms with E-state index in [1.807, 2.05) is 23.9 Å². The van der Waals surface area contributed by atoms with Gasteiger partial charge in [-0.1, -0.05) is 19.1 Å². The Labute approximate surface area is 114 Å². The van der Waals surface area contributed by atoms with Gasteiger partial charge in [0.1, 0.15) is 5.75 Å². The smallest absolute Gasteiger partial charge is 0.118 e. The monoisotopic (exact) mass is 259 g/mol. The molecule has 4 nitrogen and oxygen atoms in total. The van der Waals surface area contributed by atoms with Gasteiger partial charge in [-0.2, -0.15) is 5.10 Å².